The Balaban J connectivity index is 1.66. The highest BCUT2D eigenvalue weighted by Crippen LogP contribution is 2.26. The Morgan fingerprint density at radius 3 is 2.28 bits per heavy atom. The summed E-state index contributed by atoms with van der Waals surface area (Å²) in [6.07, 6.45) is 6.26. The van der Waals surface area contributed by atoms with Gasteiger partial charge < -0.3 is 4.57 Å². The van der Waals surface area contributed by atoms with Gasteiger partial charge in [-0.1, -0.05) is 56.5 Å². The van der Waals surface area contributed by atoms with Gasteiger partial charge in [-0.25, -0.2) is 13.4 Å². The van der Waals surface area contributed by atoms with Gasteiger partial charge in [0, 0.05) is 25.0 Å². The van der Waals surface area contributed by atoms with Crippen LogP contribution in [0.15, 0.2) is 69.9 Å². The average Bonchev–Trinajstić information content (AvgIpc) is 3.00. The van der Waals surface area contributed by atoms with Gasteiger partial charge in [0.1, 0.15) is 0 Å². The van der Waals surface area contributed by atoms with Gasteiger partial charge in [-0.05, 0) is 49.1 Å². The molecule has 5 nitrogen and oxygen atoms in total. The second kappa shape index (κ2) is 10.6. The van der Waals surface area contributed by atoms with E-state index in [1.165, 1.54) is 0 Å². The molecule has 7 heteroatoms. The van der Waals surface area contributed by atoms with Crippen LogP contribution in [0.3, 0.4) is 0 Å². The Morgan fingerprint density at radius 2 is 1.62 bits per heavy atom. The molecule has 0 unspecified atom stereocenters. The molecule has 1 fully saturated rings. The van der Waals surface area contributed by atoms with Crippen LogP contribution in [0.4, 0.5) is 5.69 Å². The lowest BCUT2D eigenvalue weighted by molar-refractivity contribution is 0.424. The molecule has 4 rings (SSSR count). The zero-order valence-electron chi connectivity index (χ0n) is 18.6. The van der Waals surface area contributed by atoms with E-state index in [2.05, 4.69) is 16.9 Å². The molecule has 0 spiro atoms. The van der Waals surface area contributed by atoms with Crippen molar-refractivity contribution in [2.24, 2.45) is 4.99 Å². The van der Waals surface area contributed by atoms with Gasteiger partial charge in [0.05, 0.1) is 16.3 Å². The summed E-state index contributed by atoms with van der Waals surface area (Å²) in [7, 11) is -3.43. The predicted octanol–water partition coefficient (Wildman–Crippen LogP) is 5.81. The smallest absolute Gasteiger partial charge is 0.243 e. The quantitative estimate of drug-likeness (QED) is 0.438. The van der Waals surface area contributed by atoms with Gasteiger partial charge in [0.2, 0.25) is 10.0 Å². The molecule has 0 saturated carbocycles. The lowest BCUT2D eigenvalue weighted by atomic mass is 10.1. The summed E-state index contributed by atoms with van der Waals surface area (Å²) in [4.78, 5) is 6.19. The minimum absolute atomic E-state index is 0.382. The zero-order valence-corrected chi connectivity index (χ0v) is 20.2. The average molecular weight is 470 g/mol. The van der Waals surface area contributed by atoms with Crippen LogP contribution >= 0.6 is 11.3 Å². The Hall–Kier alpha value is -2.22. The number of hydrogen-bond donors (Lipinski definition) is 0. The number of thiazole rings is 1. The first kappa shape index (κ1) is 23.0. The first-order valence-electron chi connectivity index (χ1n) is 11.5. The van der Waals surface area contributed by atoms with Gasteiger partial charge in [0.15, 0.2) is 4.80 Å². The lowest BCUT2D eigenvalue weighted by Gasteiger charge is -2.20. The van der Waals surface area contributed by atoms with Gasteiger partial charge in [-0.3, -0.25) is 0 Å². The topological polar surface area (TPSA) is 54.7 Å². The number of nitrogens with zero attached hydrogens (tertiary/aromatic N) is 3. The summed E-state index contributed by atoms with van der Waals surface area (Å²) < 4.78 is 30.1. The molecule has 3 aromatic rings. The molecular weight excluding hydrogens is 438 g/mol. The SMILES string of the molecule is CCCCn1c(-c2ccc(S(=O)(=O)N3CCCCCC3)cc2)csc1=Nc1ccccc1. The maximum Gasteiger partial charge on any atom is 0.243 e. The van der Waals surface area contributed by atoms with Crippen LogP contribution < -0.4 is 4.80 Å². The highest BCUT2D eigenvalue weighted by molar-refractivity contribution is 7.89. The third-order valence-corrected chi connectivity index (χ3v) is 8.64. The minimum atomic E-state index is -3.43. The van der Waals surface area contributed by atoms with Crippen molar-refractivity contribution >= 4 is 27.0 Å². The van der Waals surface area contributed by atoms with Crippen LogP contribution in [0.1, 0.15) is 45.4 Å². The fourth-order valence-electron chi connectivity index (χ4n) is 4.02. The van der Waals surface area contributed by atoms with E-state index in [4.69, 9.17) is 4.99 Å². The van der Waals surface area contributed by atoms with Crippen molar-refractivity contribution in [3.8, 4) is 11.3 Å². The molecular formula is C25H31N3O2S2. The first-order valence-corrected chi connectivity index (χ1v) is 13.8. The Labute approximate surface area is 195 Å². The molecule has 170 valence electrons. The Bertz CT molecular complexity index is 1170. The predicted molar refractivity (Wildman–Crippen MR) is 132 cm³/mol. The number of aromatic nitrogens is 1. The highest BCUT2D eigenvalue weighted by Gasteiger charge is 2.25. The molecule has 0 aliphatic carbocycles. The standard InChI is InChI=1S/C25H31N3O2S2/c1-2-3-19-28-24(20-31-25(28)26-22-11-7-6-8-12-22)21-13-15-23(16-14-21)32(29,30)27-17-9-4-5-10-18-27/h6-8,11-16,20H,2-5,9-10,17-19H2,1H3. The normalized spacial score (nSPS) is 16.2. The maximum absolute atomic E-state index is 13.1. The monoisotopic (exact) mass is 469 g/mol. The third-order valence-electron chi connectivity index (χ3n) is 5.87. The first-order chi connectivity index (χ1) is 15.6. The second-order valence-electron chi connectivity index (χ2n) is 8.20. The van der Waals surface area contributed by atoms with Crippen LogP contribution in [0.2, 0.25) is 0 Å². The van der Waals surface area contributed by atoms with E-state index in [0.717, 1.165) is 66.8 Å². The number of benzene rings is 2. The maximum atomic E-state index is 13.1. The van der Waals surface area contributed by atoms with Crippen LogP contribution in [0, 0.1) is 0 Å². The van der Waals surface area contributed by atoms with E-state index in [-0.39, 0.29) is 0 Å². The van der Waals surface area contributed by atoms with Crippen LogP contribution in [-0.2, 0) is 16.6 Å². The van der Waals surface area contributed by atoms with Crippen molar-refractivity contribution in [3.05, 3.63) is 64.8 Å². The van der Waals surface area contributed by atoms with Crippen molar-refractivity contribution < 1.29 is 8.42 Å². The van der Waals surface area contributed by atoms with E-state index < -0.39 is 10.0 Å². The second-order valence-corrected chi connectivity index (χ2v) is 11.0. The van der Waals surface area contributed by atoms with Crippen molar-refractivity contribution in [2.45, 2.75) is 56.9 Å². The van der Waals surface area contributed by atoms with Crippen molar-refractivity contribution in [1.29, 1.82) is 0 Å². The molecule has 32 heavy (non-hydrogen) atoms. The molecule has 0 N–H and O–H groups in total. The molecule has 2 heterocycles. The summed E-state index contributed by atoms with van der Waals surface area (Å²) in [5, 5.41) is 2.12. The van der Waals surface area contributed by atoms with Crippen molar-refractivity contribution in [3.63, 3.8) is 0 Å². The Kier molecular flexibility index (Phi) is 7.60. The molecule has 1 aromatic heterocycles. The summed E-state index contributed by atoms with van der Waals surface area (Å²) >= 11 is 1.62. The molecule has 0 radical (unpaired) electrons. The largest absolute Gasteiger partial charge is 0.316 e. The molecule has 0 bridgehead atoms. The Morgan fingerprint density at radius 1 is 0.938 bits per heavy atom. The molecule has 1 aliphatic heterocycles. The van der Waals surface area contributed by atoms with Crippen molar-refractivity contribution in [2.75, 3.05) is 13.1 Å². The van der Waals surface area contributed by atoms with Gasteiger partial charge in [0.25, 0.3) is 0 Å². The van der Waals surface area contributed by atoms with Crippen LogP contribution in [0.25, 0.3) is 11.3 Å². The van der Waals surface area contributed by atoms with E-state index in [0.29, 0.717) is 18.0 Å². The highest BCUT2D eigenvalue weighted by atomic mass is 32.2. The number of sulfonamides is 1. The molecule has 1 saturated heterocycles. The van der Waals surface area contributed by atoms with Gasteiger partial charge >= 0.3 is 0 Å². The molecule has 1 aliphatic rings. The summed E-state index contributed by atoms with van der Waals surface area (Å²) in [6.45, 7) is 4.31. The molecule has 2 aromatic carbocycles. The molecule has 0 amide bonds. The van der Waals surface area contributed by atoms with E-state index >= 15 is 0 Å². The number of unbranched alkanes of at least 4 members (excludes halogenated alkanes) is 1. The fourth-order valence-corrected chi connectivity index (χ4v) is 6.50. The van der Waals surface area contributed by atoms with E-state index in [9.17, 15) is 8.42 Å². The summed E-state index contributed by atoms with van der Waals surface area (Å²) in [5.41, 5.74) is 3.03. The molecule has 0 atom stereocenters. The van der Waals surface area contributed by atoms with Gasteiger partial charge in [-0.2, -0.15) is 4.31 Å². The fraction of sp³-hybridized carbons (Fsp3) is 0.400. The third kappa shape index (κ3) is 5.22. The number of hydrogen-bond acceptors (Lipinski definition) is 4. The number of rotatable bonds is 7. The van der Waals surface area contributed by atoms with Crippen molar-refractivity contribution in [1.82, 2.24) is 8.87 Å². The summed E-state index contributed by atoms with van der Waals surface area (Å²) in [5.74, 6) is 0. The van der Waals surface area contributed by atoms with Crippen LogP contribution in [-0.4, -0.2) is 30.4 Å². The van der Waals surface area contributed by atoms with Crippen LogP contribution in [0.5, 0.6) is 0 Å². The van der Waals surface area contributed by atoms with E-state index in [1.54, 1.807) is 27.8 Å². The summed E-state index contributed by atoms with van der Waals surface area (Å²) in [6, 6.07) is 17.4. The lowest BCUT2D eigenvalue weighted by Crippen LogP contribution is -2.31. The zero-order chi connectivity index (χ0) is 22.4. The van der Waals surface area contributed by atoms with Gasteiger partial charge in [-0.15, -0.1) is 11.3 Å². The minimum Gasteiger partial charge on any atom is -0.316 e. The van der Waals surface area contributed by atoms with E-state index in [1.807, 2.05) is 42.5 Å². The number of para-hydroxylation sites is 1.